The molecule has 9 nitrogen and oxygen atoms in total. The van der Waals surface area contributed by atoms with Crippen LogP contribution >= 0.6 is 0 Å². The fourth-order valence-electron chi connectivity index (χ4n) is 3.72. The summed E-state index contributed by atoms with van der Waals surface area (Å²) in [6.45, 7) is 6.25. The Morgan fingerprint density at radius 3 is 2.41 bits per heavy atom. The highest BCUT2D eigenvalue weighted by atomic mass is 32.2. The lowest BCUT2D eigenvalue weighted by Gasteiger charge is -2.30. The summed E-state index contributed by atoms with van der Waals surface area (Å²) in [6, 6.07) is 2.38. The third-order valence-corrected chi connectivity index (χ3v) is 6.87. The van der Waals surface area contributed by atoms with E-state index in [9.17, 15) is 8.42 Å². The molecular formula is C19H31N7O2S. The lowest BCUT2D eigenvalue weighted by molar-refractivity contribution is 0.378. The molecule has 0 aromatic carbocycles. The van der Waals surface area contributed by atoms with Crippen LogP contribution in [0.25, 0.3) is 11.4 Å². The summed E-state index contributed by atoms with van der Waals surface area (Å²) in [5.74, 6) is 1.55. The fourth-order valence-corrected chi connectivity index (χ4v) is 4.59. The maximum atomic E-state index is 12.0. The minimum absolute atomic E-state index is 0.0314. The van der Waals surface area contributed by atoms with E-state index in [1.54, 1.807) is 6.20 Å². The van der Waals surface area contributed by atoms with Gasteiger partial charge in [0, 0.05) is 38.4 Å². The summed E-state index contributed by atoms with van der Waals surface area (Å²) in [7, 11) is -0.321. The van der Waals surface area contributed by atoms with Gasteiger partial charge in [-0.15, -0.1) is 0 Å². The van der Waals surface area contributed by atoms with Crippen molar-refractivity contribution in [3.63, 3.8) is 0 Å². The van der Waals surface area contributed by atoms with Gasteiger partial charge in [0.05, 0.1) is 17.6 Å². The van der Waals surface area contributed by atoms with Gasteiger partial charge in [0.15, 0.2) is 0 Å². The predicted octanol–water partition coefficient (Wildman–Crippen LogP) is 2.35. The Morgan fingerprint density at radius 2 is 1.79 bits per heavy atom. The van der Waals surface area contributed by atoms with Gasteiger partial charge in [0.2, 0.25) is 5.95 Å². The first kappa shape index (κ1) is 21.7. The summed E-state index contributed by atoms with van der Waals surface area (Å²) in [6.07, 6.45) is 6.89. The molecule has 1 fully saturated rings. The minimum atomic E-state index is -3.39. The second-order valence-electron chi connectivity index (χ2n) is 8.02. The number of anilines is 1. The van der Waals surface area contributed by atoms with Gasteiger partial charge in [-0.25, -0.2) is 15.0 Å². The van der Waals surface area contributed by atoms with Gasteiger partial charge < -0.3 is 9.88 Å². The molecule has 0 amide bonds. The van der Waals surface area contributed by atoms with Gasteiger partial charge in [-0.2, -0.15) is 17.4 Å². The highest BCUT2D eigenvalue weighted by molar-refractivity contribution is 7.87. The van der Waals surface area contributed by atoms with Crippen molar-refractivity contribution in [3.05, 3.63) is 24.3 Å². The molecule has 2 aromatic rings. The zero-order valence-corrected chi connectivity index (χ0v) is 18.6. The summed E-state index contributed by atoms with van der Waals surface area (Å²) >= 11 is 0. The molecule has 2 N–H and O–H groups in total. The molecule has 29 heavy (non-hydrogen) atoms. The van der Waals surface area contributed by atoms with Crippen molar-refractivity contribution < 1.29 is 8.42 Å². The van der Waals surface area contributed by atoms with Gasteiger partial charge in [-0.05, 0) is 52.5 Å². The van der Waals surface area contributed by atoms with E-state index in [2.05, 4.69) is 38.4 Å². The molecular weight excluding hydrogens is 390 g/mol. The van der Waals surface area contributed by atoms with Gasteiger partial charge in [0.1, 0.15) is 5.82 Å². The van der Waals surface area contributed by atoms with Gasteiger partial charge >= 0.3 is 0 Å². The smallest absolute Gasteiger partial charge is 0.279 e. The van der Waals surface area contributed by atoms with E-state index >= 15 is 0 Å². The standard InChI is InChI=1S/C19H31N7O2S/c1-13(2)26-14(3)21-12-18(26)17-10-11-20-19(23-17)22-15-6-8-16(9-7-15)24-29(27,28)25(4)5/h10-13,15-16,24H,6-9H2,1-5H3,(H,20,22,23). The van der Waals surface area contributed by atoms with E-state index in [0.717, 1.165) is 42.9 Å². The van der Waals surface area contributed by atoms with Crippen LogP contribution in [0, 0.1) is 6.92 Å². The number of hydrogen-bond donors (Lipinski definition) is 2. The van der Waals surface area contributed by atoms with Crippen LogP contribution in [0.1, 0.15) is 51.4 Å². The summed E-state index contributed by atoms with van der Waals surface area (Å²) in [5, 5.41) is 3.41. The Morgan fingerprint density at radius 1 is 1.14 bits per heavy atom. The summed E-state index contributed by atoms with van der Waals surface area (Å²) < 4.78 is 30.1. The van der Waals surface area contributed by atoms with Gasteiger partial charge in [-0.1, -0.05) is 0 Å². The number of aryl methyl sites for hydroxylation is 1. The van der Waals surface area contributed by atoms with Crippen LogP contribution in [-0.2, 0) is 10.2 Å². The van der Waals surface area contributed by atoms with Gasteiger partial charge in [-0.3, -0.25) is 0 Å². The molecule has 0 aliphatic heterocycles. The minimum Gasteiger partial charge on any atom is -0.351 e. The molecule has 0 spiro atoms. The maximum Gasteiger partial charge on any atom is 0.279 e. The van der Waals surface area contributed by atoms with Crippen LogP contribution in [0.2, 0.25) is 0 Å². The SMILES string of the molecule is Cc1ncc(-c2ccnc(NC3CCC(NS(=O)(=O)N(C)C)CC3)n2)n1C(C)C. The van der Waals surface area contributed by atoms with Crippen LogP contribution in [-0.4, -0.2) is 58.4 Å². The van der Waals surface area contributed by atoms with Crippen LogP contribution in [0.4, 0.5) is 5.95 Å². The number of hydrogen-bond acceptors (Lipinski definition) is 6. The first-order valence-electron chi connectivity index (χ1n) is 10.0. The van der Waals surface area contributed by atoms with Crippen molar-refractivity contribution in [1.82, 2.24) is 28.5 Å². The van der Waals surface area contributed by atoms with Crippen molar-refractivity contribution in [2.75, 3.05) is 19.4 Å². The predicted molar refractivity (Wildman–Crippen MR) is 114 cm³/mol. The number of rotatable bonds is 7. The maximum absolute atomic E-state index is 12.0. The molecule has 1 aliphatic rings. The van der Waals surface area contributed by atoms with E-state index in [4.69, 9.17) is 4.98 Å². The van der Waals surface area contributed by atoms with Crippen LogP contribution in [0.15, 0.2) is 18.5 Å². The topological polar surface area (TPSA) is 105 Å². The summed E-state index contributed by atoms with van der Waals surface area (Å²) in [5.41, 5.74) is 1.81. The molecule has 2 aromatic heterocycles. The molecule has 1 saturated carbocycles. The third-order valence-electron chi connectivity index (χ3n) is 5.27. The lowest BCUT2D eigenvalue weighted by atomic mass is 9.92. The monoisotopic (exact) mass is 421 g/mol. The molecule has 0 bridgehead atoms. The van der Waals surface area contributed by atoms with Crippen LogP contribution in [0.3, 0.4) is 0 Å². The van der Waals surface area contributed by atoms with E-state index in [1.807, 2.05) is 19.2 Å². The molecule has 3 rings (SSSR count). The zero-order valence-electron chi connectivity index (χ0n) is 17.8. The second-order valence-corrected chi connectivity index (χ2v) is 9.93. The molecule has 2 heterocycles. The first-order valence-corrected chi connectivity index (χ1v) is 11.4. The molecule has 1 aliphatic carbocycles. The Balaban J connectivity index is 1.64. The Labute approximate surface area is 173 Å². The number of aromatic nitrogens is 4. The van der Waals surface area contributed by atoms with Crippen LogP contribution < -0.4 is 10.0 Å². The third kappa shape index (κ3) is 5.12. The molecule has 0 atom stereocenters. The first-order chi connectivity index (χ1) is 13.7. The van der Waals surface area contributed by atoms with Crippen molar-refractivity contribution in [3.8, 4) is 11.4 Å². The van der Waals surface area contributed by atoms with Crippen molar-refractivity contribution in [2.24, 2.45) is 0 Å². The number of imidazole rings is 1. The lowest BCUT2D eigenvalue weighted by Crippen LogP contribution is -2.44. The van der Waals surface area contributed by atoms with Crippen LogP contribution in [0.5, 0.6) is 0 Å². The molecule has 0 unspecified atom stereocenters. The van der Waals surface area contributed by atoms with E-state index in [0.29, 0.717) is 12.0 Å². The highest BCUT2D eigenvalue weighted by Gasteiger charge is 2.26. The normalized spacial score (nSPS) is 20.4. The highest BCUT2D eigenvalue weighted by Crippen LogP contribution is 2.25. The Bertz CT molecular complexity index is 932. The van der Waals surface area contributed by atoms with Crippen molar-refractivity contribution in [1.29, 1.82) is 0 Å². The largest absolute Gasteiger partial charge is 0.351 e. The molecule has 0 saturated heterocycles. The van der Waals surface area contributed by atoms with E-state index < -0.39 is 10.2 Å². The summed E-state index contributed by atoms with van der Waals surface area (Å²) in [4.78, 5) is 13.5. The molecule has 160 valence electrons. The number of nitrogens with one attached hydrogen (secondary N) is 2. The van der Waals surface area contributed by atoms with E-state index in [1.165, 1.54) is 18.4 Å². The quantitative estimate of drug-likeness (QED) is 0.711. The molecule has 0 radical (unpaired) electrons. The average Bonchev–Trinajstić information content (AvgIpc) is 3.05. The number of nitrogens with zero attached hydrogens (tertiary/aromatic N) is 5. The van der Waals surface area contributed by atoms with Crippen molar-refractivity contribution >= 4 is 16.2 Å². The Hall–Kier alpha value is -2.04. The second kappa shape index (κ2) is 8.76. The molecule has 10 heteroatoms. The van der Waals surface area contributed by atoms with Gasteiger partial charge in [0.25, 0.3) is 10.2 Å². The fraction of sp³-hybridized carbons (Fsp3) is 0.632. The van der Waals surface area contributed by atoms with Crippen molar-refractivity contribution in [2.45, 2.75) is 64.6 Å². The Kier molecular flexibility index (Phi) is 6.55. The average molecular weight is 422 g/mol. The zero-order chi connectivity index (χ0) is 21.2. The van der Waals surface area contributed by atoms with E-state index in [-0.39, 0.29) is 12.1 Å².